The predicted molar refractivity (Wildman–Crippen MR) is 88.7 cm³/mol. The zero-order chi connectivity index (χ0) is 18.1. The van der Waals surface area contributed by atoms with E-state index >= 15 is 0 Å². The lowest BCUT2D eigenvalue weighted by Gasteiger charge is -2.36. The molecule has 0 saturated carbocycles. The van der Waals surface area contributed by atoms with Gasteiger partial charge in [-0.25, -0.2) is 18.6 Å². The Bertz CT molecular complexity index is 592. The van der Waals surface area contributed by atoms with Gasteiger partial charge in [-0.2, -0.15) is 0 Å². The van der Waals surface area contributed by atoms with E-state index in [9.17, 15) is 13.6 Å². The van der Waals surface area contributed by atoms with Crippen LogP contribution in [0, 0.1) is 5.92 Å². The second-order valence-corrected chi connectivity index (χ2v) is 7.64. The Morgan fingerprint density at radius 3 is 2.17 bits per heavy atom. The largest absolute Gasteiger partial charge is 0.444 e. The minimum absolute atomic E-state index is 0.0663. The molecule has 2 rings (SSSR count). The van der Waals surface area contributed by atoms with Gasteiger partial charge in [-0.1, -0.05) is 23.2 Å². The summed E-state index contributed by atoms with van der Waals surface area (Å²) in [6.07, 6.45) is -0.132. The van der Waals surface area contributed by atoms with E-state index in [1.807, 2.05) is 0 Å². The number of amides is 1. The van der Waals surface area contributed by atoms with Gasteiger partial charge in [0.25, 0.3) is 5.92 Å². The molecule has 0 unspecified atom stereocenters. The minimum atomic E-state index is -3.09. The Labute approximate surface area is 150 Å². The molecule has 4 nitrogen and oxygen atoms in total. The molecule has 8 heteroatoms. The van der Waals surface area contributed by atoms with Crippen LogP contribution >= 0.6 is 23.2 Å². The highest BCUT2D eigenvalue weighted by Crippen LogP contribution is 2.42. The normalized spacial score (nSPS) is 17.0. The van der Waals surface area contributed by atoms with Crippen molar-refractivity contribution in [1.82, 2.24) is 9.88 Å². The van der Waals surface area contributed by atoms with Gasteiger partial charge in [0, 0.05) is 24.6 Å². The molecular weight excluding hydrogens is 361 g/mol. The van der Waals surface area contributed by atoms with Gasteiger partial charge >= 0.3 is 6.09 Å². The van der Waals surface area contributed by atoms with Gasteiger partial charge in [0.2, 0.25) is 0 Å². The molecule has 1 fully saturated rings. The average Bonchev–Trinajstić information content (AvgIpc) is 2.44. The van der Waals surface area contributed by atoms with E-state index in [2.05, 4.69) is 4.98 Å². The lowest BCUT2D eigenvalue weighted by molar-refractivity contribution is -0.0861. The Balaban J connectivity index is 2.04. The molecule has 1 aromatic heterocycles. The van der Waals surface area contributed by atoms with E-state index in [1.165, 1.54) is 4.90 Å². The summed E-state index contributed by atoms with van der Waals surface area (Å²) >= 11 is 11.4. The molecule has 0 bridgehead atoms. The number of hydrogen-bond donors (Lipinski definition) is 0. The third-order valence-electron chi connectivity index (χ3n) is 3.81. The molecule has 0 aliphatic carbocycles. The van der Waals surface area contributed by atoms with Crippen molar-refractivity contribution in [1.29, 1.82) is 0 Å². The topological polar surface area (TPSA) is 42.4 Å². The van der Waals surface area contributed by atoms with Gasteiger partial charge in [0.15, 0.2) is 0 Å². The number of aromatic nitrogens is 1. The smallest absolute Gasteiger partial charge is 0.410 e. The molecule has 0 atom stereocenters. The second-order valence-electron chi connectivity index (χ2n) is 6.87. The van der Waals surface area contributed by atoms with Crippen molar-refractivity contribution in [2.24, 2.45) is 5.92 Å². The number of halogens is 4. The fraction of sp³-hybridized carbons (Fsp3) is 0.625. The van der Waals surface area contributed by atoms with Crippen LogP contribution in [0.2, 0.25) is 10.3 Å². The maximum Gasteiger partial charge on any atom is 0.410 e. The SMILES string of the molecule is CC(C)(C)OC(=O)N1CCC(C(F)(F)c2cc(Cl)nc(Cl)c2)CC1. The van der Waals surface area contributed by atoms with Gasteiger partial charge in [-0.05, 0) is 45.7 Å². The molecular formula is C16H20Cl2F2N2O2. The lowest BCUT2D eigenvalue weighted by Crippen LogP contribution is -2.44. The summed E-state index contributed by atoms with van der Waals surface area (Å²) in [5, 5.41) is -0.133. The Morgan fingerprint density at radius 2 is 1.71 bits per heavy atom. The third kappa shape index (κ3) is 4.70. The molecule has 1 saturated heterocycles. The van der Waals surface area contributed by atoms with Crippen molar-refractivity contribution in [2.45, 2.75) is 45.1 Å². The Kier molecular flexibility index (Phi) is 5.60. The average molecular weight is 381 g/mol. The van der Waals surface area contributed by atoms with Crippen molar-refractivity contribution < 1.29 is 18.3 Å². The van der Waals surface area contributed by atoms with Gasteiger partial charge in [0.1, 0.15) is 15.9 Å². The highest BCUT2D eigenvalue weighted by atomic mass is 35.5. The number of alkyl halides is 2. The van der Waals surface area contributed by atoms with E-state index in [0.29, 0.717) is 0 Å². The molecule has 0 aromatic carbocycles. The summed E-state index contributed by atoms with van der Waals surface area (Å²) in [5.41, 5.74) is -0.856. The monoisotopic (exact) mass is 380 g/mol. The van der Waals surface area contributed by atoms with Crippen molar-refractivity contribution in [3.8, 4) is 0 Å². The van der Waals surface area contributed by atoms with E-state index < -0.39 is 23.5 Å². The van der Waals surface area contributed by atoms with Crippen LogP contribution in [0.15, 0.2) is 12.1 Å². The van der Waals surface area contributed by atoms with E-state index in [4.69, 9.17) is 27.9 Å². The third-order valence-corrected chi connectivity index (χ3v) is 4.19. The zero-order valence-corrected chi connectivity index (χ0v) is 15.3. The maximum atomic E-state index is 14.7. The summed E-state index contributed by atoms with van der Waals surface area (Å²) in [5.74, 6) is -3.98. The molecule has 1 aliphatic rings. The number of rotatable bonds is 2. The van der Waals surface area contributed by atoms with Crippen molar-refractivity contribution in [2.75, 3.05) is 13.1 Å². The standard InChI is InChI=1S/C16H20Cl2F2N2O2/c1-15(2,3)24-14(23)22-6-4-10(5-7-22)16(19,20)11-8-12(17)21-13(18)9-11/h8-10H,4-7H2,1-3H3. The number of piperidine rings is 1. The number of hydrogen-bond acceptors (Lipinski definition) is 3. The van der Waals surface area contributed by atoms with Crippen LogP contribution in [-0.2, 0) is 10.7 Å². The lowest BCUT2D eigenvalue weighted by atomic mass is 9.87. The van der Waals surface area contributed by atoms with Crippen LogP contribution in [0.25, 0.3) is 0 Å². The first-order valence-corrected chi connectivity index (χ1v) is 8.44. The molecule has 0 N–H and O–H groups in total. The van der Waals surface area contributed by atoms with Crippen LogP contribution in [0.5, 0.6) is 0 Å². The molecule has 134 valence electrons. The zero-order valence-electron chi connectivity index (χ0n) is 13.8. The first-order valence-electron chi connectivity index (χ1n) is 7.68. The van der Waals surface area contributed by atoms with E-state index in [-0.39, 0.29) is 41.8 Å². The number of likely N-dealkylation sites (tertiary alicyclic amines) is 1. The van der Waals surface area contributed by atoms with Crippen molar-refractivity contribution in [3.05, 3.63) is 28.0 Å². The summed E-state index contributed by atoms with van der Waals surface area (Å²) in [4.78, 5) is 17.2. The minimum Gasteiger partial charge on any atom is -0.444 e. The molecule has 0 spiro atoms. The molecule has 24 heavy (non-hydrogen) atoms. The molecule has 0 radical (unpaired) electrons. The van der Waals surface area contributed by atoms with Crippen molar-refractivity contribution >= 4 is 29.3 Å². The van der Waals surface area contributed by atoms with Crippen LogP contribution in [0.4, 0.5) is 13.6 Å². The number of ether oxygens (including phenoxy) is 1. The summed E-state index contributed by atoms with van der Waals surface area (Å²) in [6, 6.07) is 2.27. The summed E-state index contributed by atoms with van der Waals surface area (Å²) in [7, 11) is 0. The first kappa shape index (κ1) is 19.2. The van der Waals surface area contributed by atoms with Gasteiger partial charge in [-0.3, -0.25) is 0 Å². The highest BCUT2D eigenvalue weighted by molar-refractivity contribution is 6.32. The summed E-state index contributed by atoms with van der Waals surface area (Å²) in [6.45, 7) is 5.75. The van der Waals surface area contributed by atoms with E-state index in [1.54, 1.807) is 20.8 Å². The van der Waals surface area contributed by atoms with E-state index in [0.717, 1.165) is 12.1 Å². The number of carbonyl (C=O) groups excluding carboxylic acids is 1. The fourth-order valence-electron chi connectivity index (χ4n) is 2.64. The van der Waals surface area contributed by atoms with Gasteiger partial charge < -0.3 is 9.64 Å². The van der Waals surface area contributed by atoms with Crippen LogP contribution in [0.3, 0.4) is 0 Å². The van der Waals surface area contributed by atoms with Crippen LogP contribution < -0.4 is 0 Å². The first-order chi connectivity index (χ1) is 11.0. The maximum absolute atomic E-state index is 14.7. The van der Waals surface area contributed by atoms with Gasteiger partial charge in [-0.15, -0.1) is 0 Å². The van der Waals surface area contributed by atoms with Crippen LogP contribution in [-0.4, -0.2) is 34.7 Å². The fourth-order valence-corrected chi connectivity index (χ4v) is 3.10. The predicted octanol–water partition coefficient (Wildman–Crippen LogP) is 5.13. The number of carbonyl (C=O) groups is 1. The quantitative estimate of drug-likeness (QED) is 0.668. The Morgan fingerprint density at radius 1 is 1.21 bits per heavy atom. The molecule has 1 amide bonds. The summed E-state index contributed by atoms with van der Waals surface area (Å²) < 4.78 is 34.7. The van der Waals surface area contributed by atoms with Gasteiger partial charge in [0.05, 0.1) is 0 Å². The Hall–Kier alpha value is -1.14. The molecule has 1 aromatic rings. The second kappa shape index (κ2) is 7.00. The number of pyridine rings is 1. The highest BCUT2D eigenvalue weighted by Gasteiger charge is 2.44. The number of nitrogens with zero attached hydrogens (tertiary/aromatic N) is 2. The van der Waals surface area contributed by atoms with Crippen LogP contribution in [0.1, 0.15) is 39.2 Å². The molecule has 1 aliphatic heterocycles. The van der Waals surface area contributed by atoms with Crippen molar-refractivity contribution in [3.63, 3.8) is 0 Å². The molecule has 2 heterocycles.